The molecule has 22 heavy (non-hydrogen) atoms. The van der Waals surface area contributed by atoms with Gasteiger partial charge in [-0.05, 0) is 36.2 Å². The van der Waals surface area contributed by atoms with Gasteiger partial charge in [-0.15, -0.1) is 0 Å². The van der Waals surface area contributed by atoms with Crippen LogP contribution < -0.4 is 4.72 Å². The Morgan fingerprint density at radius 2 is 2.09 bits per heavy atom. The number of sulfonamides is 1. The highest BCUT2D eigenvalue weighted by molar-refractivity contribution is 7.89. The van der Waals surface area contributed by atoms with Gasteiger partial charge in [-0.3, -0.25) is 4.98 Å². The number of ether oxygens (including phenoxy) is 1. The molecule has 1 aromatic heterocycles. The molecule has 0 aliphatic carbocycles. The van der Waals surface area contributed by atoms with E-state index in [-0.39, 0.29) is 17.0 Å². The van der Waals surface area contributed by atoms with E-state index in [4.69, 9.17) is 0 Å². The van der Waals surface area contributed by atoms with Crippen molar-refractivity contribution in [1.29, 1.82) is 0 Å². The Kier molecular flexibility index (Phi) is 4.89. The predicted octanol–water partition coefficient (Wildman–Crippen LogP) is 1.66. The van der Waals surface area contributed by atoms with Crippen LogP contribution in [0.2, 0.25) is 0 Å². The van der Waals surface area contributed by atoms with Crippen LogP contribution >= 0.6 is 0 Å². The summed E-state index contributed by atoms with van der Waals surface area (Å²) in [7, 11) is -2.47. The molecule has 0 aliphatic rings. The standard InChI is InChI=1S/C15H16N2O4S/c1-11-5-6-13(8-14(11)15(18)21-2)22(19,20)17-10-12-4-3-7-16-9-12/h3-9,17H,10H2,1-2H3. The first-order valence-corrected chi connectivity index (χ1v) is 8.00. The van der Waals surface area contributed by atoms with Crippen molar-refractivity contribution in [3.8, 4) is 0 Å². The molecular formula is C15H16N2O4S. The van der Waals surface area contributed by atoms with E-state index in [0.717, 1.165) is 5.56 Å². The Morgan fingerprint density at radius 3 is 2.73 bits per heavy atom. The van der Waals surface area contributed by atoms with E-state index in [1.54, 1.807) is 37.5 Å². The van der Waals surface area contributed by atoms with Crippen LogP contribution in [0.4, 0.5) is 0 Å². The van der Waals surface area contributed by atoms with Crippen molar-refractivity contribution in [1.82, 2.24) is 9.71 Å². The Labute approximate surface area is 129 Å². The molecule has 0 atom stereocenters. The lowest BCUT2D eigenvalue weighted by Crippen LogP contribution is -2.23. The number of aromatic nitrogens is 1. The van der Waals surface area contributed by atoms with Gasteiger partial charge in [-0.1, -0.05) is 12.1 Å². The highest BCUT2D eigenvalue weighted by atomic mass is 32.2. The fraction of sp³-hybridized carbons (Fsp3) is 0.200. The minimum Gasteiger partial charge on any atom is -0.465 e. The van der Waals surface area contributed by atoms with E-state index in [2.05, 4.69) is 14.4 Å². The van der Waals surface area contributed by atoms with E-state index >= 15 is 0 Å². The summed E-state index contributed by atoms with van der Waals surface area (Å²) in [4.78, 5) is 15.6. The van der Waals surface area contributed by atoms with E-state index in [9.17, 15) is 13.2 Å². The van der Waals surface area contributed by atoms with Gasteiger partial charge in [0.05, 0.1) is 17.6 Å². The van der Waals surface area contributed by atoms with Crippen LogP contribution in [0.5, 0.6) is 0 Å². The highest BCUT2D eigenvalue weighted by Crippen LogP contribution is 2.16. The summed E-state index contributed by atoms with van der Waals surface area (Å²) in [6, 6.07) is 7.83. The highest BCUT2D eigenvalue weighted by Gasteiger charge is 2.18. The molecular weight excluding hydrogens is 304 g/mol. The first-order chi connectivity index (χ1) is 10.4. The van der Waals surface area contributed by atoms with Gasteiger partial charge >= 0.3 is 5.97 Å². The van der Waals surface area contributed by atoms with Gasteiger partial charge in [0.2, 0.25) is 10.0 Å². The average Bonchev–Trinajstić information content (AvgIpc) is 2.53. The average molecular weight is 320 g/mol. The van der Waals surface area contributed by atoms with Crippen molar-refractivity contribution in [3.63, 3.8) is 0 Å². The minimum atomic E-state index is -3.73. The Hall–Kier alpha value is -2.25. The second-order valence-corrected chi connectivity index (χ2v) is 6.42. The van der Waals surface area contributed by atoms with Crippen LogP contribution in [0.25, 0.3) is 0 Å². The molecule has 0 fully saturated rings. The maximum Gasteiger partial charge on any atom is 0.338 e. The summed E-state index contributed by atoms with van der Waals surface area (Å²) in [5.74, 6) is -0.568. The third-order valence-electron chi connectivity index (χ3n) is 3.11. The van der Waals surface area contributed by atoms with Crippen molar-refractivity contribution in [2.24, 2.45) is 0 Å². The molecule has 7 heteroatoms. The van der Waals surface area contributed by atoms with Crippen LogP contribution in [0, 0.1) is 6.92 Å². The minimum absolute atomic E-state index is 0.0161. The van der Waals surface area contributed by atoms with Gasteiger partial charge in [0.15, 0.2) is 0 Å². The third kappa shape index (κ3) is 3.69. The zero-order chi connectivity index (χ0) is 16.2. The molecule has 0 amide bonds. The molecule has 0 radical (unpaired) electrons. The molecule has 2 rings (SSSR count). The van der Waals surface area contributed by atoms with Gasteiger partial charge in [-0.25, -0.2) is 17.9 Å². The van der Waals surface area contributed by atoms with Crippen molar-refractivity contribution >= 4 is 16.0 Å². The van der Waals surface area contributed by atoms with Crippen molar-refractivity contribution < 1.29 is 17.9 Å². The summed E-state index contributed by atoms with van der Waals surface area (Å²) in [6.45, 7) is 1.84. The Balaban J connectivity index is 2.24. The number of methoxy groups -OCH3 is 1. The van der Waals surface area contributed by atoms with E-state index in [1.807, 2.05) is 0 Å². The zero-order valence-corrected chi connectivity index (χ0v) is 13.1. The van der Waals surface area contributed by atoms with Crippen molar-refractivity contribution in [3.05, 3.63) is 59.4 Å². The SMILES string of the molecule is COC(=O)c1cc(S(=O)(=O)NCc2cccnc2)ccc1C. The largest absolute Gasteiger partial charge is 0.465 e. The Morgan fingerprint density at radius 1 is 1.32 bits per heavy atom. The summed E-state index contributed by atoms with van der Waals surface area (Å²) in [5, 5.41) is 0. The fourth-order valence-corrected chi connectivity index (χ4v) is 2.91. The number of esters is 1. The van der Waals surface area contributed by atoms with Crippen LogP contribution in [0.15, 0.2) is 47.6 Å². The van der Waals surface area contributed by atoms with Crippen LogP contribution in [-0.2, 0) is 21.3 Å². The topological polar surface area (TPSA) is 85.4 Å². The first kappa shape index (κ1) is 16.1. The number of pyridine rings is 1. The molecule has 2 aromatic rings. The molecule has 1 heterocycles. The lowest BCUT2D eigenvalue weighted by atomic mass is 10.1. The summed E-state index contributed by atoms with van der Waals surface area (Å²) < 4.78 is 31.7. The van der Waals surface area contributed by atoms with Gasteiger partial charge in [0, 0.05) is 18.9 Å². The molecule has 116 valence electrons. The molecule has 0 bridgehead atoms. The van der Waals surface area contributed by atoms with Gasteiger partial charge in [0.1, 0.15) is 0 Å². The van der Waals surface area contributed by atoms with Gasteiger partial charge in [-0.2, -0.15) is 0 Å². The number of carbonyl (C=O) groups is 1. The van der Waals surface area contributed by atoms with E-state index in [0.29, 0.717) is 5.56 Å². The van der Waals surface area contributed by atoms with Crippen molar-refractivity contribution in [2.75, 3.05) is 7.11 Å². The third-order valence-corrected chi connectivity index (χ3v) is 4.51. The quantitative estimate of drug-likeness (QED) is 0.847. The number of aryl methyl sites for hydroxylation is 1. The molecule has 0 saturated carbocycles. The number of nitrogens with one attached hydrogen (secondary N) is 1. The van der Waals surface area contributed by atoms with Gasteiger partial charge < -0.3 is 4.74 Å². The lowest BCUT2D eigenvalue weighted by Gasteiger charge is -2.09. The summed E-state index contributed by atoms with van der Waals surface area (Å²) >= 11 is 0. The lowest BCUT2D eigenvalue weighted by molar-refractivity contribution is 0.0599. The second-order valence-electron chi connectivity index (χ2n) is 4.65. The number of carbonyl (C=O) groups excluding carboxylic acids is 1. The number of rotatable bonds is 5. The normalized spacial score (nSPS) is 11.2. The predicted molar refractivity (Wildman–Crippen MR) is 80.8 cm³/mol. The van der Waals surface area contributed by atoms with E-state index < -0.39 is 16.0 Å². The Bertz CT molecular complexity index is 773. The molecule has 0 spiro atoms. The monoisotopic (exact) mass is 320 g/mol. The molecule has 1 N–H and O–H groups in total. The summed E-state index contributed by atoms with van der Waals surface area (Å²) in [5.41, 5.74) is 1.62. The number of benzene rings is 1. The number of nitrogens with zero attached hydrogens (tertiary/aromatic N) is 1. The zero-order valence-electron chi connectivity index (χ0n) is 12.2. The summed E-state index contributed by atoms with van der Waals surface area (Å²) in [6.07, 6.45) is 3.19. The van der Waals surface area contributed by atoms with Crippen molar-refractivity contribution in [2.45, 2.75) is 18.4 Å². The first-order valence-electron chi connectivity index (χ1n) is 6.51. The van der Waals surface area contributed by atoms with Crippen LogP contribution in [0.1, 0.15) is 21.5 Å². The van der Waals surface area contributed by atoms with Crippen LogP contribution in [0.3, 0.4) is 0 Å². The molecule has 1 aromatic carbocycles. The van der Waals surface area contributed by atoms with Gasteiger partial charge in [0.25, 0.3) is 0 Å². The van der Waals surface area contributed by atoms with E-state index in [1.165, 1.54) is 19.2 Å². The molecule has 0 aliphatic heterocycles. The maximum absolute atomic E-state index is 12.3. The number of hydrogen-bond acceptors (Lipinski definition) is 5. The second kappa shape index (κ2) is 6.67. The maximum atomic E-state index is 12.3. The number of hydrogen-bond donors (Lipinski definition) is 1. The fourth-order valence-electron chi connectivity index (χ4n) is 1.86. The molecule has 6 nitrogen and oxygen atoms in total. The molecule has 0 saturated heterocycles. The smallest absolute Gasteiger partial charge is 0.338 e. The molecule has 0 unspecified atom stereocenters. The van der Waals surface area contributed by atoms with Crippen LogP contribution in [-0.4, -0.2) is 26.5 Å².